The summed E-state index contributed by atoms with van der Waals surface area (Å²) in [6.45, 7) is 1.17. The number of fused-ring (bicyclic) bond motifs is 2. The summed E-state index contributed by atoms with van der Waals surface area (Å²) in [7, 11) is 2.19. The third-order valence-electron chi connectivity index (χ3n) is 5.05. The van der Waals surface area contributed by atoms with Crippen LogP contribution in [0.3, 0.4) is 0 Å². The zero-order valence-electron chi connectivity index (χ0n) is 11.8. The normalized spacial score (nSPS) is 27.8. The van der Waals surface area contributed by atoms with Crippen LogP contribution in [0.4, 0.5) is 5.69 Å². The highest BCUT2D eigenvalue weighted by atomic mass is 79.9. The minimum atomic E-state index is 0.444. The van der Waals surface area contributed by atoms with Gasteiger partial charge >= 0.3 is 0 Å². The molecule has 2 aliphatic carbocycles. The van der Waals surface area contributed by atoms with Gasteiger partial charge in [-0.15, -0.1) is 0 Å². The average Bonchev–Trinajstić information content (AvgIpc) is 3.00. The average molecular weight is 353 g/mol. The molecule has 0 aromatic heterocycles. The highest BCUT2D eigenvalue weighted by molar-refractivity contribution is 9.10. The smallest absolute Gasteiger partial charge is 0.105 e. The molecule has 108 valence electrons. The quantitative estimate of drug-likeness (QED) is 0.831. The van der Waals surface area contributed by atoms with Crippen LogP contribution < -0.4 is 10.6 Å². The van der Waals surface area contributed by atoms with Gasteiger partial charge in [0.05, 0.1) is 0 Å². The molecule has 20 heavy (non-hydrogen) atoms. The minimum Gasteiger partial charge on any atom is -0.389 e. The van der Waals surface area contributed by atoms with Crippen LogP contribution in [0.1, 0.15) is 31.2 Å². The van der Waals surface area contributed by atoms with Crippen LogP contribution in [0.5, 0.6) is 0 Å². The summed E-state index contributed by atoms with van der Waals surface area (Å²) in [5.74, 6) is 2.87. The Kier molecular flexibility index (Phi) is 4.04. The van der Waals surface area contributed by atoms with Crippen molar-refractivity contribution in [3.8, 4) is 0 Å². The van der Waals surface area contributed by atoms with Crippen molar-refractivity contribution in [1.29, 1.82) is 0 Å². The van der Waals surface area contributed by atoms with Gasteiger partial charge in [0.2, 0.25) is 0 Å². The second kappa shape index (κ2) is 5.64. The fourth-order valence-corrected chi connectivity index (χ4v) is 4.89. The Morgan fingerprint density at radius 2 is 2.20 bits per heavy atom. The molecule has 1 aromatic carbocycles. The van der Waals surface area contributed by atoms with Crippen molar-refractivity contribution >= 4 is 38.8 Å². The molecule has 2 N–H and O–H groups in total. The molecule has 2 nitrogen and oxygen atoms in total. The number of nitrogens with two attached hydrogens (primary N) is 1. The second-order valence-electron chi connectivity index (χ2n) is 6.34. The molecule has 1 aromatic rings. The number of benzene rings is 1. The van der Waals surface area contributed by atoms with E-state index in [-0.39, 0.29) is 0 Å². The largest absolute Gasteiger partial charge is 0.389 e. The lowest BCUT2D eigenvalue weighted by molar-refractivity contribution is 0.337. The van der Waals surface area contributed by atoms with E-state index in [1.165, 1.54) is 37.9 Å². The lowest BCUT2D eigenvalue weighted by Gasteiger charge is -2.29. The van der Waals surface area contributed by atoms with Crippen LogP contribution in [0, 0.1) is 17.8 Å². The summed E-state index contributed by atoms with van der Waals surface area (Å²) in [4.78, 5) is 2.82. The molecule has 4 heteroatoms. The fourth-order valence-electron chi connectivity index (χ4n) is 4.00. The Morgan fingerprint density at radius 1 is 1.40 bits per heavy atom. The molecule has 3 unspecified atom stereocenters. The molecule has 2 bridgehead atoms. The highest BCUT2D eigenvalue weighted by Gasteiger charge is 2.39. The van der Waals surface area contributed by atoms with Gasteiger partial charge in [0.25, 0.3) is 0 Å². The SMILES string of the molecule is CN(CC1CC2CCC1C2)c1ccc(C(N)=S)c(Br)c1. The van der Waals surface area contributed by atoms with Crippen molar-refractivity contribution in [2.45, 2.75) is 25.7 Å². The van der Waals surface area contributed by atoms with E-state index in [1.54, 1.807) is 0 Å². The van der Waals surface area contributed by atoms with Gasteiger partial charge in [-0.25, -0.2) is 0 Å². The van der Waals surface area contributed by atoms with Crippen molar-refractivity contribution in [3.05, 3.63) is 28.2 Å². The number of rotatable bonds is 4. The first-order valence-electron chi connectivity index (χ1n) is 7.35. The number of hydrogen-bond acceptors (Lipinski definition) is 2. The second-order valence-corrected chi connectivity index (χ2v) is 7.64. The molecule has 3 rings (SSSR count). The van der Waals surface area contributed by atoms with Crippen molar-refractivity contribution in [3.63, 3.8) is 0 Å². The summed E-state index contributed by atoms with van der Waals surface area (Å²) in [6.07, 6.45) is 5.83. The van der Waals surface area contributed by atoms with Crippen LogP contribution in [-0.2, 0) is 0 Å². The van der Waals surface area contributed by atoms with E-state index < -0.39 is 0 Å². The molecular formula is C16H21BrN2S. The van der Waals surface area contributed by atoms with E-state index in [0.29, 0.717) is 4.99 Å². The molecule has 0 radical (unpaired) electrons. The topological polar surface area (TPSA) is 29.3 Å². The summed E-state index contributed by atoms with van der Waals surface area (Å²) in [5.41, 5.74) is 7.85. The van der Waals surface area contributed by atoms with Crippen molar-refractivity contribution in [2.24, 2.45) is 23.5 Å². The van der Waals surface area contributed by atoms with Gasteiger partial charge in [0, 0.05) is 29.3 Å². The first kappa shape index (κ1) is 14.3. The summed E-state index contributed by atoms with van der Waals surface area (Å²) >= 11 is 8.61. The first-order chi connectivity index (χ1) is 9.54. The molecule has 0 spiro atoms. The van der Waals surface area contributed by atoms with Crippen molar-refractivity contribution < 1.29 is 0 Å². The molecule has 3 atom stereocenters. The Labute approximate surface area is 134 Å². The molecule has 0 aliphatic heterocycles. The minimum absolute atomic E-state index is 0.444. The van der Waals surface area contributed by atoms with E-state index in [9.17, 15) is 0 Å². The van der Waals surface area contributed by atoms with Gasteiger partial charge in [-0.1, -0.05) is 18.6 Å². The monoisotopic (exact) mass is 352 g/mol. The molecule has 0 saturated heterocycles. The van der Waals surface area contributed by atoms with Crippen LogP contribution >= 0.6 is 28.1 Å². The van der Waals surface area contributed by atoms with Gasteiger partial charge in [0.1, 0.15) is 4.99 Å². The van der Waals surface area contributed by atoms with Gasteiger partial charge < -0.3 is 10.6 Å². The van der Waals surface area contributed by atoms with E-state index in [2.05, 4.69) is 40.0 Å². The standard InChI is InChI=1S/C16H21BrN2S/c1-19(9-12-7-10-2-3-11(12)6-10)13-4-5-14(16(18)20)15(17)8-13/h4-5,8,10-12H,2-3,6-7,9H2,1H3,(H2,18,20). The Morgan fingerprint density at radius 3 is 2.75 bits per heavy atom. The van der Waals surface area contributed by atoms with Gasteiger partial charge in [-0.3, -0.25) is 0 Å². The summed E-state index contributed by atoms with van der Waals surface area (Å²) in [5, 5.41) is 0. The third-order valence-corrected chi connectivity index (χ3v) is 5.93. The van der Waals surface area contributed by atoms with E-state index in [0.717, 1.165) is 27.8 Å². The van der Waals surface area contributed by atoms with Crippen LogP contribution in [0.25, 0.3) is 0 Å². The first-order valence-corrected chi connectivity index (χ1v) is 8.55. The maximum atomic E-state index is 5.70. The number of halogens is 1. The highest BCUT2D eigenvalue weighted by Crippen LogP contribution is 2.48. The maximum absolute atomic E-state index is 5.70. The predicted octanol–water partition coefficient (Wildman–Crippen LogP) is 3.96. The zero-order valence-corrected chi connectivity index (χ0v) is 14.2. The molecule has 0 amide bonds. The van der Waals surface area contributed by atoms with Crippen LogP contribution in [0.15, 0.2) is 22.7 Å². The lowest BCUT2D eigenvalue weighted by Crippen LogP contribution is -2.28. The molecule has 2 aliphatic rings. The third kappa shape index (κ3) is 2.73. The van der Waals surface area contributed by atoms with Gasteiger partial charge in [-0.2, -0.15) is 0 Å². The molecule has 0 heterocycles. The van der Waals surface area contributed by atoms with E-state index >= 15 is 0 Å². The predicted molar refractivity (Wildman–Crippen MR) is 92.2 cm³/mol. The molecule has 2 fully saturated rings. The van der Waals surface area contributed by atoms with Gasteiger partial charge in [0.15, 0.2) is 0 Å². The van der Waals surface area contributed by atoms with E-state index in [4.69, 9.17) is 18.0 Å². The number of anilines is 1. The molecular weight excluding hydrogens is 332 g/mol. The Balaban J connectivity index is 1.69. The van der Waals surface area contributed by atoms with E-state index in [1.807, 2.05) is 6.07 Å². The maximum Gasteiger partial charge on any atom is 0.105 e. The Bertz CT molecular complexity index is 531. The fraction of sp³-hybridized carbons (Fsp3) is 0.562. The lowest BCUT2D eigenvalue weighted by atomic mass is 9.88. The number of nitrogens with zero attached hydrogens (tertiary/aromatic N) is 1. The van der Waals surface area contributed by atoms with Gasteiger partial charge in [-0.05, 0) is 71.1 Å². The van der Waals surface area contributed by atoms with Crippen LogP contribution in [0.2, 0.25) is 0 Å². The summed E-state index contributed by atoms with van der Waals surface area (Å²) < 4.78 is 0.988. The van der Waals surface area contributed by atoms with Crippen molar-refractivity contribution in [1.82, 2.24) is 0 Å². The molecule has 2 saturated carbocycles. The summed E-state index contributed by atoms with van der Waals surface area (Å²) in [6, 6.07) is 6.26. The zero-order chi connectivity index (χ0) is 14.3. The Hall–Kier alpha value is -0.610. The number of hydrogen-bond donors (Lipinski definition) is 1. The number of thiocarbonyl (C=S) groups is 1. The van der Waals surface area contributed by atoms with Crippen LogP contribution in [-0.4, -0.2) is 18.6 Å². The van der Waals surface area contributed by atoms with Crippen molar-refractivity contribution in [2.75, 3.05) is 18.5 Å².